The van der Waals surface area contributed by atoms with Crippen LogP contribution >= 0.6 is 11.6 Å². The standard InChI is InChI=1S/C16H22ClN3O/c1-3-16(4-2,11-21)10-19-14-7-5-6-13(17)15(14)20-9-8-18-12-20/h5-9,12,19,21H,3-4,10-11H2,1-2H3. The van der Waals surface area contributed by atoms with Crippen LogP contribution in [0.2, 0.25) is 5.02 Å². The molecule has 0 fully saturated rings. The van der Waals surface area contributed by atoms with Crippen LogP contribution in [0.3, 0.4) is 0 Å². The smallest absolute Gasteiger partial charge is 0.0992 e. The van der Waals surface area contributed by atoms with Gasteiger partial charge in [-0.2, -0.15) is 0 Å². The van der Waals surface area contributed by atoms with E-state index >= 15 is 0 Å². The van der Waals surface area contributed by atoms with Gasteiger partial charge in [0, 0.05) is 24.4 Å². The summed E-state index contributed by atoms with van der Waals surface area (Å²) in [5.41, 5.74) is 1.73. The number of imidazole rings is 1. The van der Waals surface area contributed by atoms with E-state index in [0.717, 1.165) is 24.2 Å². The molecule has 114 valence electrons. The molecule has 0 aliphatic carbocycles. The number of rotatable bonds is 7. The summed E-state index contributed by atoms with van der Waals surface area (Å²) < 4.78 is 1.89. The summed E-state index contributed by atoms with van der Waals surface area (Å²) in [5.74, 6) is 0. The van der Waals surface area contributed by atoms with E-state index in [1.165, 1.54) is 0 Å². The summed E-state index contributed by atoms with van der Waals surface area (Å²) in [7, 11) is 0. The molecule has 0 spiro atoms. The van der Waals surface area contributed by atoms with Gasteiger partial charge in [-0.1, -0.05) is 31.5 Å². The molecule has 2 N–H and O–H groups in total. The fourth-order valence-corrected chi connectivity index (χ4v) is 2.65. The van der Waals surface area contributed by atoms with Gasteiger partial charge in [0.05, 0.1) is 29.3 Å². The van der Waals surface area contributed by atoms with Crippen molar-refractivity contribution in [2.24, 2.45) is 5.41 Å². The molecule has 0 unspecified atom stereocenters. The SMILES string of the molecule is CCC(CC)(CO)CNc1cccc(Cl)c1-n1ccnc1. The van der Waals surface area contributed by atoms with E-state index in [0.29, 0.717) is 11.6 Å². The number of aliphatic hydroxyl groups excluding tert-OH is 1. The highest BCUT2D eigenvalue weighted by Gasteiger charge is 2.25. The van der Waals surface area contributed by atoms with Crippen LogP contribution in [0.5, 0.6) is 0 Å². The second-order valence-electron chi connectivity index (χ2n) is 5.32. The van der Waals surface area contributed by atoms with Crippen molar-refractivity contribution in [2.75, 3.05) is 18.5 Å². The number of hydrogen-bond donors (Lipinski definition) is 2. The van der Waals surface area contributed by atoms with Gasteiger partial charge in [-0.05, 0) is 25.0 Å². The average molecular weight is 308 g/mol. The Hall–Kier alpha value is -1.52. The second kappa shape index (κ2) is 6.96. The number of nitrogens with one attached hydrogen (secondary N) is 1. The maximum absolute atomic E-state index is 9.68. The Bertz CT molecular complexity index is 557. The number of benzene rings is 1. The molecule has 0 atom stereocenters. The lowest BCUT2D eigenvalue weighted by molar-refractivity contribution is 0.127. The van der Waals surface area contributed by atoms with Gasteiger partial charge in [0.15, 0.2) is 0 Å². The monoisotopic (exact) mass is 307 g/mol. The van der Waals surface area contributed by atoms with Crippen LogP contribution in [-0.4, -0.2) is 27.8 Å². The minimum atomic E-state index is -0.103. The molecule has 0 saturated heterocycles. The predicted octanol–water partition coefficient (Wildman–Crippen LogP) is 3.74. The van der Waals surface area contributed by atoms with Gasteiger partial charge in [-0.3, -0.25) is 0 Å². The molecule has 5 heteroatoms. The lowest BCUT2D eigenvalue weighted by Crippen LogP contribution is -2.32. The van der Waals surface area contributed by atoms with Crippen LogP contribution < -0.4 is 5.32 Å². The number of halogens is 1. The van der Waals surface area contributed by atoms with Crippen LogP contribution in [-0.2, 0) is 0 Å². The Labute approximate surface area is 130 Å². The van der Waals surface area contributed by atoms with E-state index in [9.17, 15) is 5.11 Å². The number of para-hydroxylation sites is 1. The summed E-state index contributed by atoms with van der Waals surface area (Å²) in [5, 5.41) is 13.8. The van der Waals surface area contributed by atoms with Gasteiger partial charge in [0.25, 0.3) is 0 Å². The largest absolute Gasteiger partial charge is 0.396 e. The molecule has 0 amide bonds. The molecule has 0 aliphatic rings. The third kappa shape index (κ3) is 3.39. The molecule has 1 aromatic heterocycles. The zero-order valence-electron chi connectivity index (χ0n) is 12.5. The Morgan fingerprint density at radius 2 is 2.10 bits per heavy atom. The Balaban J connectivity index is 2.27. The molecule has 1 aromatic carbocycles. The van der Waals surface area contributed by atoms with Crippen molar-refractivity contribution < 1.29 is 5.11 Å². The molecule has 21 heavy (non-hydrogen) atoms. The summed E-state index contributed by atoms with van der Waals surface area (Å²) in [6, 6.07) is 5.78. The summed E-state index contributed by atoms with van der Waals surface area (Å²) in [6.45, 7) is 5.10. The topological polar surface area (TPSA) is 50.1 Å². The first-order valence-corrected chi connectivity index (χ1v) is 7.65. The lowest BCUT2D eigenvalue weighted by atomic mass is 9.83. The van der Waals surface area contributed by atoms with Crippen molar-refractivity contribution in [1.82, 2.24) is 9.55 Å². The van der Waals surface area contributed by atoms with Crippen LogP contribution in [0, 0.1) is 5.41 Å². The van der Waals surface area contributed by atoms with E-state index in [-0.39, 0.29) is 12.0 Å². The highest BCUT2D eigenvalue weighted by Crippen LogP contribution is 2.31. The molecule has 0 bridgehead atoms. The van der Waals surface area contributed by atoms with Gasteiger partial charge in [-0.15, -0.1) is 0 Å². The number of anilines is 1. The first-order chi connectivity index (χ1) is 10.2. The minimum absolute atomic E-state index is 0.103. The lowest BCUT2D eigenvalue weighted by Gasteiger charge is -2.30. The number of nitrogens with zero attached hydrogens (tertiary/aromatic N) is 2. The van der Waals surface area contributed by atoms with E-state index in [4.69, 9.17) is 11.6 Å². The van der Waals surface area contributed by atoms with Crippen molar-refractivity contribution in [3.05, 3.63) is 41.9 Å². The van der Waals surface area contributed by atoms with Gasteiger partial charge < -0.3 is 15.0 Å². The zero-order valence-corrected chi connectivity index (χ0v) is 13.3. The van der Waals surface area contributed by atoms with Crippen molar-refractivity contribution in [3.63, 3.8) is 0 Å². The Morgan fingerprint density at radius 1 is 1.33 bits per heavy atom. The van der Waals surface area contributed by atoms with Crippen LogP contribution in [0.4, 0.5) is 5.69 Å². The minimum Gasteiger partial charge on any atom is -0.396 e. The summed E-state index contributed by atoms with van der Waals surface area (Å²) >= 11 is 6.33. The highest BCUT2D eigenvalue weighted by atomic mass is 35.5. The maximum Gasteiger partial charge on any atom is 0.0992 e. The molecular formula is C16H22ClN3O. The average Bonchev–Trinajstić information content (AvgIpc) is 3.03. The van der Waals surface area contributed by atoms with Crippen molar-refractivity contribution in [3.8, 4) is 5.69 Å². The van der Waals surface area contributed by atoms with E-state index in [2.05, 4.69) is 24.1 Å². The first kappa shape index (κ1) is 15.9. The molecular weight excluding hydrogens is 286 g/mol. The van der Waals surface area contributed by atoms with Crippen LogP contribution in [0.15, 0.2) is 36.9 Å². The van der Waals surface area contributed by atoms with Gasteiger partial charge in [0.2, 0.25) is 0 Å². The van der Waals surface area contributed by atoms with Gasteiger partial charge in [0.1, 0.15) is 0 Å². The van der Waals surface area contributed by atoms with E-state index in [1.54, 1.807) is 12.5 Å². The normalized spacial score (nSPS) is 11.6. The molecule has 0 aliphatic heterocycles. The Kier molecular flexibility index (Phi) is 5.26. The van der Waals surface area contributed by atoms with Gasteiger partial charge in [-0.25, -0.2) is 4.98 Å². The van der Waals surface area contributed by atoms with Crippen molar-refractivity contribution in [1.29, 1.82) is 0 Å². The molecule has 2 rings (SSSR count). The number of aliphatic hydroxyl groups is 1. The highest BCUT2D eigenvalue weighted by molar-refractivity contribution is 6.33. The molecule has 0 radical (unpaired) electrons. The quantitative estimate of drug-likeness (QED) is 0.819. The van der Waals surface area contributed by atoms with Gasteiger partial charge >= 0.3 is 0 Å². The molecule has 4 nitrogen and oxygen atoms in total. The number of aromatic nitrogens is 2. The summed E-state index contributed by atoms with van der Waals surface area (Å²) in [6.07, 6.45) is 7.17. The Morgan fingerprint density at radius 3 is 2.67 bits per heavy atom. The fourth-order valence-electron chi connectivity index (χ4n) is 2.37. The fraction of sp³-hybridized carbons (Fsp3) is 0.438. The molecule has 1 heterocycles. The van der Waals surface area contributed by atoms with E-state index in [1.807, 2.05) is 29.0 Å². The second-order valence-corrected chi connectivity index (χ2v) is 5.73. The third-order valence-electron chi connectivity index (χ3n) is 4.24. The zero-order chi connectivity index (χ0) is 15.3. The van der Waals surface area contributed by atoms with Crippen molar-refractivity contribution >= 4 is 17.3 Å². The van der Waals surface area contributed by atoms with Crippen LogP contribution in [0.25, 0.3) is 5.69 Å². The molecule has 0 saturated carbocycles. The van der Waals surface area contributed by atoms with E-state index < -0.39 is 0 Å². The van der Waals surface area contributed by atoms with Crippen molar-refractivity contribution in [2.45, 2.75) is 26.7 Å². The third-order valence-corrected chi connectivity index (χ3v) is 4.54. The summed E-state index contributed by atoms with van der Waals surface area (Å²) in [4.78, 5) is 4.07. The first-order valence-electron chi connectivity index (χ1n) is 7.27. The maximum atomic E-state index is 9.68. The van der Waals surface area contributed by atoms with Crippen LogP contribution in [0.1, 0.15) is 26.7 Å². The molecule has 2 aromatic rings. The number of hydrogen-bond acceptors (Lipinski definition) is 3. The predicted molar refractivity (Wildman–Crippen MR) is 87.2 cm³/mol.